The SMILES string of the molecule is [B][C@]1(F)CC(OP(C)(=O)O)[C@@H](COC)O1. The zero-order chi connectivity index (χ0) is 11.7. The Bertz CT molecular complexity index is 268. The van der Waals surface area contributed by atoms with Crippen LogP contribution in [0.5, 0.6) is 0 Å². The molecule has 1 heterocycles. The maximum atomic E-state index is 13.3. The Balaban J connectivity index is 2.65. The van der Waals surface area contributed by atoms with E-state index in [1.54, 1.807) is 0 Å². The molecule has 0 aliphatic carbocycles. The summed E-state index contributed by atoms with van der Waals surface area (Å²) >= 11 is 0. The van der Waals surface area contributed by atoms with Crippen LogP contribution in [0, 0.1) is 0 Å². The Morgan fingerprint density at radius 2 is 2.40 bits per heavy atom. The molecule has 1 aliphatic rings. The van der Waals surface area contributed by atoms with Gasteiger partial charge in [0.15, 0.2) is 13.6 Å². The highest BCUT2D eigenvalue weighted by molar-refractivity contribution is 7.51. The van der Waals surface area contributed by atoms with E-state index >= 15 is 0 Å². The molecule has 1 saturated heterocycles. The molecule has 0 bridgehead atoms. The molecule has 1 rings (SSSR count). The summed E-state index contributed by atoms with van der Waals surface area (Å²) in [5.41, 5.74) is 0. The molecule has 1 fully saturated rings. The van der Waals surface area contributed by atoms with E-state index < -0.39 is 25.6 Å². The monoisotopic (exact) mass is 238 g/mol. The molecule has 86 valence electrons. The zero-order valence-electron chi connectivity index (χ0n) is 8.55. The topological polar surface area (TPSA) is 65.0 Å². The van der Waals surface area contributed by atoms with Gasteiger partial charge in [0.05, 0.1) is 6.61 Å². The highest BCUT2D eigenvalue weighted by atomic mass is 31.2. The first-order valence-corrected chi connectivity index (χ1v) is 6.39. The van der Waals surface area contributed by atoms with Gasteiger partial charge < -0.3 is 18.9 Å². The molecule has 0 amide bonds. The smallest absolute Gasteiger partial charge is 0.325 e. The molecule has 2 unspecified atom stereocenters. The maximum Gasteiger partial charge on any atom is 0.325 e. The highest BCUT2D eigenvalue weighted by Gasteiger charge is 2.45. The van der Waals surface area contributed by atoms with Gasteiger partial charge in [-0.25, -0.2) is 4.39 Å². The van der Waals surface area contributed by atoms with Crippen molar-refractivity contribution in [1.82, 2.24) is 0 Å². The van der Waals surface area contributed by atoms with Gasteiger partial charge in [-0.3, -0.25) is 4.57 Å². The molecule has 1 aliphatic heterocycles. The van der Waals surface area contributed by atoms with E-state index in [2.05, 4.69) is 0 Å². The molecule has 2 radical (unpaired) electrons. The van der Waals surface area contributed by atoms with Crippen molar-refractivity contribution in [2.45, 2.75) is 24.4 Å². The van der Waals surface area contributed by atoms with Gasteiger partial charge in [0.2, 0.25) is 0 Å². The fourth-order valence-corrected chi connectivity index (χ4v) is 2.16. The van der Waals surface area contributed by atoms with Crippen LogP contribution in [0.2, 0.25) is 0 Å². The number of hydrogen-bond acceptors (Lipinski definition) is 4. The Morgan fingerprint density at radius 3 is 2.87 bits per heavy atom. The summed E-state index contributed by atoms with van der Waals surface area (Å²) in [6.45, 7) is 1.07. The van der Waals surface area contributed by atoms with Gasteiger partial charge in [0.1, 0.15) is 12.2 Å². The highest BCUT2D eigenvalue weighted by Crippen LogP contribution is 2.44. The molecule has 4 atom stereocenters. The molecule has 0 saturated carbocycles. The lowest BCUT2D eigenvalue weighted by molar-refractivity contribution is -0.0961. The van der Waals surface area contributed by atoms with Crippen molar-refractivity contribution in [2.24, 2.45) is 0 Å². The molecule has 0 aromatic rings. The van der Waals surface area contributed by atoms with Crippen LogP contribution in [-0.2, 0) is 18.6 Å². The van der Waals surface area contributed by atoms with E-state index in [-0.39, 0.29) is 13.0 Å². The fraction of sp³-hybridized carbons (Fsp3) is 1.00. The molecule has 0 spiro atoms. The van der Waals surface area contributed by atoms with Crippen LogP contribution in [0.3, 0.4) is 0 Å². The summed E-state index contributed by atoms with van der Waals surface area (Å²) in [4.78, 5) is 9.01. The average molecular weight is 238 g/mol. The molecular weight excluding hydrogens is 225 g/mol. The van der Waals surface area contributed by atoms with Crippen LogP contribution < -0.4 is 0 Å². The van der Waals surface area contributed by atoms with Crippen LogP contribution in [0.4, 0.5) is 4.39 Å². The largest absolute Gasteiger partial charge is 0.382 e. The van der Waals surface area contributed by atoms with Gasteiger partial charge in [-0.2, -0.15) is 0 Å². The number of hydrogen-bond donors (Lipinski definition) is 1. The van der Waals surface area contributed by atoms with Crippen LogP contribution in [0.25, 0.3) is 0 Å². The molecular formula is C7H13BFO5P. The van der Waals surface area contributed by atoms with Gasteiger partial charge >= 0.3 is 7.60 Å². The van der Waals surface area contributed by atoms with Gasteiger partial charge in [-0.1, -0.05) is 0 Å². The predicted molar refractivity (Wildman–Crippen MR) is 51.6 cm³/mol. The second-order valence-corrected chi connectivity index (χ2v) is 5.37. The maximum absolute atomic E-state index is 13.3. The molecule has 15 heavy (non-hydrogen) atoms. The van der Waals surface area contributed by atoms with Gasteiger partial charge in [-0.15, -0.1) is 0 Å². The Morgan fingerprint density at radius 1 is 1.80 bits per heavy atom. The summed E-state index contributed by atoms with van der Waals surface area (Å²) in [5, 5.41) is 0. The van der Waals surface area contributed by atoms with Crippen molar-refractivity contribution in [3.8, 4) is 0 Å². The van der Waals surface area contributed by atoms with E-state index in [9.17, 15) is 8.96 Å². The summed E-state index contributed by atoms with van der Waals surface area (Å²) in [6, 6.07) is 0. The van der Waals surface area contributed by atoms with Gasteiger partial charge in [0, 0.05) is 20.2 Å². The summed E-state index contributed by atoms with van der Waals surface area (Å²) in [7, 11) is 2.82. The van der Waals surface area contributed by atoms with Gasteiger partial charge in [-0.05, 0) is 0 Å². The number of rotatable bonds is 4. The molecule has 1 N–H and O–H groups in total. The van der Waals surface area contributed by atoms with Crippen molar-refractivity contribution in [3.05, 3.63) is 0 Å². The first kappa shape index (κ1) is 13.1. The third-order valence-electron chi connectivity index (χ3n) is 1.90. The normalized spacial score (nSPS) is 40.3. The zero-order valence-corrected chi connectivity index (χ0v) is 9.45. The molecule has 0 aromatic heterocycles. The minimum atomic E-state index is -3.69. The lowest BCUT2D eigenvalue weighted by Gasteiger charge is -2.19. The Hall–Kier alpha value is 0.0649. The molecule has 8 heteroatoms. The van der Waals surface area contributed by atoms with E-state index in [0.29, 0.717) is 0 Å². The van der Waals surface area contributed by atoms with Crippen LogP contribution in [0.15, 0.2) is 0 Å². The van der Waals surface area contributed by atoms with Crippen molar-refractivity contribution in [2.75, 3.05) is 20.4 Å². The Kier molecular flexibility index (Phi) is 3.95. The van der Waals surface area contributed by atoms with Gasteiger partial charge in [0.25, 0.3) is 0 Å². The van der Waals surface area contributed by atoms with E-state index in [1.165, 1.54) is 7.11 Å². The fourth-order valence-electron chi connectivity index (χ4n) is 1.44. The number of methoxy groups -OCH3 is 1. The van der Waals surface area contributed by atoms with Crippen LogP contribution in [-0.4, -0.2) is 51.1 Å². The van der Waals surface area contributed by atoms with E-state index in [4.69, 9.17) is 26.7 Å². The lowest BCUT2D eigenvalue weighted by atomic mass is 9.93. The van der Waals surface area contributed by atoms with Crippen LogP contribution >= 0.6 is 7.60 Å². The molecule has 0 aromatic carbocycles. The quantitative estimate of drug-likeness (QED) is 0.567. The lowest BCUT2D eigenvalue weighted by Crippen LogP contribution is -2.28. The summed E-state index contributed by atoms with van der Waals surface area (Å²) in [6.07, 6.45) is -1.94. The number of alkyl halides is 1. The summed E-state index contributed by atoms with van der Waals surface area (Å²) in [5.74, 6) is -2.33. The number of ether oxygens (including phenoxy) is 2. The van der Waals surface area contributed by atoms with Crippen molar-refractivity contribution in [1.29, 1.82) is 0 Å². The third-order valence-corrected chi connectivity index (χ3v) is 2.57. The van der Waals surface area contributed by atoms with Crippen molar-refractivity contribution in [3.63, 3.8) is 0 Å². The number of halogens is 1. The minimum absolute atomic E-state index is 0.0491. The third kappa shape index (κ3) is 4.21. The predicted octanol–water partition coefficient (Wildman–Crippen LogP) is 0.414. The first-order valence-electron chi connectivity index (χ1n) is 4.37. The summed E-state index contributed by atoms with van der Waals surface area (Å²) < 4.78 is 38.6. The second-order valence-electron chi connectivity index (χ2n) is 3.55. The van der Waals surface area contributed by atoms with Crippen molar-refractivity contribution < 1.29 is 27.8 Å². The molecule has 5 nitrogen and oxygen atoms in total. The average Bonchev–Trinajstić information content (AvgIpc) is 2.23. The first-order chi connectivity index (χ1) is 6.73. The Labute approximate surface area is 88.8 Å². The second kappa shape index (κ2) is 4.51. The minimum Gasteiger partial charge on any atom is -0.382 e. The van der Waals surface area contributed by atoms with E-state index in [1.807, 2.05) is 0 Å². The van der Waals surface area contributed by atoms with Crippen LogP contribution in [0.1, 0.15) is 6.42 Å². The van der Waals surface area contributed by atoms with E-state index in [0.717, 1.165) is 6.66 Å². The van der Waals surface area contributed by atoms with Crippen molar-refractivity contribution >= 4 is 15.4 Å². The standard InChI is InChI=1S/C7H13BFO5P/c1-12-4-6-5(14-15(2,10)11)3-7(8,9)13-6/h5-6H,3-4H2,1-2H3,(H,10,11)/t5?,6-,7+/m1/s1.